The second-order valence-electron chi connectivity index (χ2n) is 3.41. The van der Waals surface area contributed by atoms with Crippen molar-refractivity contribution >= 4 is 5.69 Å². The Labute approximate surface area is 77.2 Å². The Morgan fingerprint density at radius 2 is 2.23 bits per heavy atom. The van der Waals surface area contributed by atoms with Crippen LogP contribution in [0.2, 0.25) is 0 Å². The van der Waals surface area contributed by atoms with E-state index in [2.05, 4.69) is 4.90 Å². The standard InChI is InChI=1S/C10H13NO2/c12-9-3-1-2-8(6-9)11-5-4-10(13)7-11/h1-3,6,10,12-13H,4-5,7H2. The molecule has 1 aromatic carbocycles. The first-order valence-electron chi connectivity index (χ1n) is 4.48. The Balaban J connectivity index is 2.16. The van der Waals surface area contributed by atoms with Crippen LogP contribution >= 0.6 is 0 Å². The molecule has 70 valence electrons. The fourth-order valence-corrected chi connectivity index (χ4v) is 1.67. The van der Waals surface area contributed by atoms with E-state index in [0.29, 0.717) is 6.54 Å². The molecule has 1 heterocycles. The number of rotatable bonds is 1. The molecule has 0 saturated carbocycles. The van der Waals surface area contributed by atoms with Gasteiger partial charge in [0, 0.05) is 24.8 Å². The van der Waals surface area contributed by atoms with Gasteiger partial charge in [-0.3, -0.25) is 0 Å². The molecule has 3 nitrogen and oxygen atoms in total. The second kappa shape index (κ2) is 3.26. The van der Waals surface area contributed by atoms with Crippen LogP contribution in [0, 0.1) is 0 Å². The van der Waals surface area contributed by atoms with Gasteiger partial charge in [0.05, 0.1) is 6.10 Å². The van der Waals surface area contributed by atoms with E-state index in [1.54, 1.807) is 12.1 Å². The van der Waals surface area contributed by atoms with Crippen molar-refractivity contribution in [3.63, 3.8) is 0 Å². The molecule has 1 aliphatic rings. The van der Waals surface area contributed by atoms with Crippen LogP contribution in [0.5, 0.6) is 5.75 Å². The van der Waals surface area contributed by atoms with Gasteiger partial charge in [0.1, 0.15) is 5.75 Å². The third-order valence-electron chi connectivity index (χ3n) is 2.36. The zero-order chi connectivity index (χ0) is 9.26. The highest BCUT2D eigenvalue weighted by Crippen LogP contribution is 2.23. The van der Waals surface area contributed by atoms with Crippen LogP contribution in [-0.2, 0) is 0 Å². The SMILES string of the molecule is Oc1cccc(N2CCC(O)C2)c1. The molecule has 1 saturated heterocycles. The first-order valence-corrected chi connectivity index (χ1v) is 4.48. The zero-order valence-electron chi connectivity index (χ0n) is 7.35. The fourth-order valence-electron chi connectivity index (χ4n) is 1.67. The lowest BCUT2D eigenvalue weighted by atomic mass is 10.3. The lowest BCUT2D eigenvalue weighted by Gasteiger charge is -2.17. The quantitative estimate of drug-likeness (QED) is 0.675. The van der Waals surface area contributed by atoms with Gasteiger partial charge in [-0.05, 0) is 18.6 Å². The van der Waals surface area contributed by atoms with Crippen LogP contribution in [0.1, 0.15) is 6.42 Å². The number of phenols is 1. The molecule has 0 aromatic heterocycles. The van der Waals surface area contributed by atoms with E-state index in [1.165, 1.54) is 0 Å². The number of β-amino-alcohol motifs (C(OH)–C–C–N with tert-alkyl or cyclic N) is 1. The monoisotopic (exact) mass is 179 g/mol. The average molecular weight is 179 g/mol. The number of hydrogen-bond acceptors (Lipinski definition) is 3. The van der Waals surface area contributed by atoms with Gasteiger partial charge in [-0.15, -0.1) is 0 Å². The van der Waals surface area contributed by atoms with Crippen LogP contribution in [0.3, 0.4) is 0 Å². The predicted octanol–water partition coefficient (Wildman–Crippen LogP) is 0.963. The third-order valence-corrected chi connectivity index (χ3v) is 2.36. The summed E-state index contributed by atoms with van der Waals surface area (Å²) in [5.74, 6) is 0.277. The molecular weight excluding hydrogens is 166 g/mol. The number of aromatic hydroxyl groups is 1. The van der Waals surface area contributed by atoms with Crippen molar-refractivity contribution in [2.24, 2.45) is 0 Å². The van der Waals surface area contributed by atoms with Gasteiger partial charge in [-0.1, -0.05) is 6.07 Å². The third kappa shape index (κ3) is 1.75. The Kier molecular flexibility index (Phi) is 2.10. The number of benzene rings is 1. The van der Waals surface area contributed by atoms with Crippen molar-refractivity contribution in [1.82, 2.24) is 0 Å². The number of aliphatic hydroxyl groups excluding tert-OH is 1. The summed E-state index contributed by atoms with van der Waals surface area (Å²) in [4.78, 5) is 2.07. The molecule has 0 amide bonds. The maximum absolute atomic E-state index is 9.33. The largest absolute Gasteiger partial charge is 0.508 e. The molecule has 1 aliphatic heterocycles. The van der Waals surface area contributed by atoms with Gasteiger partial charge in [0.15, 0.2) is 0 Å². The number of nitrogens with zero attached hydrogens (tertiary/aromatic N) is 1. The minimum absolute atomic E-state index is 0.220. The highest BCUT2D eigenvalue weighted by Gasteiger charge is 2.20. The highest BCUT2D eigenvalue weighted by molar-refractivity contribution is 5.51. The van der Waals surface area contributed by atoms with E-state index in [1.807, 2.05) is 12.1 Å². The first kappa shape index (κ1) is 8.38. The summed E-state index contributed by atoms with van der Waals surface area (Å²) in [7, 11) is 0. The van der Waals surface area contributed by atoms with E-state index in [9.17, 15) is 10.2 Å². The van der Waals surface area contributed by atoms with Crippen molar-refractivity contribution < 1.29 is 10.2 Å². The minimum atomic E-state index is -0.220. The molecule has 2 N–H and O–H groups in total. The van der Waals surface area contributed by atoms with Gasteiger partial charge >= 0.3 is 0 Å². The molecule has 1 aromatic rings. The normalized spacial score (nSPS) is 22.2. The number of aliphatic hydroxyl groups is 1. The van der Waals surface area contributed by atoms with Crippen molar-refractivity contribution in [3.05, 3.63) is 24.3 Å². The molecule has 0 aliphatic carbocycles. The maximum atomic E-state index is 9.33. The van der Waals surface area contributed by atoms with E-state index in [4.69, 9.17) is 0 Å². The summed E-state index contributed by atoms with van der Waals surface area (Å²) >= 11 is 0. The molecule has 1 atom stereocenters. The van der Waals surface area contributed by atoms with Crippen molar-refractivity contribution in [3.8, 4) is 5.75 Å². The summed E-state index contributed by atoms with van der Waals surface area (Å²) in [6.07, 6.45) is 0.595. The summed E-state index contributed by atoms with van der Waals surface area (Å²) in [6.45, 7) is 1.54. The summed E-state index contributed by atoms with van der Waals surface area (Å²) in [6, 6.07) is 7.13. The molecule has 0 radical (unpaired) electrons. The number of anilines is 1. The van der Waals surface area contributed by atoms with Crippen LogP contribution < -0.4 is 4.90 Å². The van der Waals surface area contributed by atoms with E-state index in [-0.39, 0.29) is 11.9 Å². The fraction of sp³-hybridized carbons (Fsp3) is 0.400. The highest BCUT2D eigenvalue weighted by atomic mass is 16.3. The van der Waals surface area contributed by atoms with Crippen molar-refractivity contribution in [2.75, 3.05) is 18.0 Å². The molecular formula is C10H13NO2. The minimum Gasteiger partial charge on any atom is -0.508 e. The van der Waals surface area contributed by atoms with Gasteiger partial charge in [-0.25, -0.2) is 0 Å². The molecule has 13 heavy (non-hydrogen) atoms. The summed E-state index contributed by atoms with van der Waals surface area (Å²) in [5, 5.41) is 18.6. The zero-order valence-corrected chi connectivity index (χ0v) is 7.35. The second-order valence-corrected chi connectivity index (χ2v) is 3.41. The predicted molar refractivity (Wildman–Crippen MR) is 50.9 cm³/mol. The number of phenolic OH excluding ortho intramolecular Hbond substituents is 1. The van der Waals surface area contributed by atoms with Crippen LogP contribution in [0.15, 0.2) is 24.3 Å². The van der Waals surface area contributed by atoms with Crippen molar-refractivity contribution in [1.29, 1.82) is 0 Å². The van der Waals surface area contributed by atoms with Crippen LogP contribution in [0.25, 0.3) is 0 Å². The summed E-state index contributed by atoms with van der Waals surface area (Å²) < 4.78 is 0. The Morgan fingerprint density at radius 1 is 1.38 bits per heavy atom. The van der Waals surface area contributed by atoms with Crippen LogP contribution in [0.4, 0.5) is 5.69 Å². The Bertz CT molecular complexity index is 301. The number of hydrogen-bond donors (Lipinski definition) is 2. The molecule has 1 unspecified atom stereocenters. The topological polar surface area (TPSA) is 43.7 Å². The molecule has 0 bridgehead atoms. The van der Waals surface area contributed by atoms with Crippen LogP contribution in [-0.4, -0.2) is 29.4 Å². The molecule has 1 fully saturated rings. The smallest absolute Gasteiger partial charge is 0.117 e. The van der Waals surface area contributed by atoms with E-state index >= 15 is 0 Å². The average Bonchev–Trinajstić information content (AvgIpc) is 2.52. The molecule has 0 spiro atoms. The Morgan fingerprint density at radius 3 is 2.85 bits per heavy atom. The van der Waals surface area contributed by atoms with Gasteiger partial charge in [0.25, 0.3) is 0 Å². The van der Waals surface area contributed by atoms with E-state index in [0.717, 1.165) is 18.7 Å². The van der Waals surface area contributed by atoms with Gasteiger partial charge in [0.2, 0.25) is 0 Å². The van der Waals surface area contributed by atoms with E-state index < -0.39 is 0 Å². The van der Waals surface area contributed by atoms with Crippen molar-refractivity contribution in [2.45, 2.75) is 12.5 Å². The molecule has 2 rings (SSSR count). The summed E-state index contributed by atoms with van der Waals surface area (Å²) in [5.41, 5.74) is 0.983. The maximum Gasteiger partial charge on any atom is 0.117 e. The van der Waals surface area contributed by atoms with Gasteiger partial charge < -0.3 is 15.1 Å². The van der Waals surface area contributed by atoms with Gasteiger partial charge in [-0.2, -0.15) is 0 Å². The first-order chi connectivity index (χ1) is 6.25. The lowest BCUT2D eigenvalue weighted by molar-refractivity contribution is 0.198. The molecule has 3 heteroatoms. The Hall–Kier alpha value is -1.22. The lowest BCUT2D eigenvalue weighted by Crippen LogP contribution is -2.20.